The van der Waals surface area contributed by atoms with Gasteiger partial charge in [-0.25, -0.2) is 4.79 Å². The first kappa shape index (κ1) is 41.5. The molecule has 5 amide bonds. The van der Waals surface area contributed by atoms with Crippen LogP contribution in [0.5, 0.6) is 0 Å². The summed E-state index contributed by atoms with van der Waals surface area (Å²) < 4.78 is 45.2. The number of urea groups is 1. The maximum absolute atomic E-state index is 14.7. The number of nitrogens with one attached hydrogen (secondary N) is 4. The molecule has 0 saturated carbocycles. The number of nitrogens with zero attached hydrogens (tertiary/aromatic N) is 1. The molecule has 284 valence electrons. The Kier molecular flexibility index (Phi) is 14.6. The van der Waals surface area contributed by atoms with Gasteiger partial charge in [0.2, 0.25) is 17.6 Å². The highest BCUT2D eigenvalue weighted by Gasteiger charge is 2.47. The average molecular weight is 722 g/mol. The molecule has 1 aliphatic heterocycles. The minimum absolute atomic E-state index is 0.0964. The van der Waals surface area contributed by atoms with Crippen LogP contribution < -0.4 is 21.3 Å². The number of benzene rings is 1. The van der Waals surface area contributed by atoms with Gasteiger partial charge >= 0.3 is 12.2 Å². The van der Waals surface area contributed by atoms with E-state index in [1.807, 2.05) is 58.9 Å². The van der Waals surface area contributed by atoms with Gasteiger partial charge in [0.15, 0.2) is 0 Å². The van der Waals surface area contributed by atoms with Crippen LogP contribution in [0.1, 0.15) is 71.4 Å². The number of Topliss-reactive ketones (excluding diaryl/α,β-unsaturated/α-hetero) is 1. The van der Waals surface area contributed by atoms with Gasteiger partial charge in [-0.2, -0.15) is 13.2 Å². The monoisotopic (exact) mass is 721 g/mol. The first-order chi connectivity index (χ1) is 23.9. The van der Waals surface area contributed by atoms with Crippen molar-refractivity contribution in [3.63, 3.8) is 0 Å². The Morgan fingerprint density at radius 2 is 1.65 bits per heavy atom. The molecule has 5 atom stereocenters. The predicted molar refractivity (Wildman–Crippen MR) is 186 cm³/mol. The molecular weight excluding hydrogens is 667 g/mol. The minimum atomic E-state index is -4.65. The number of hydrogen-bond donors (Lipinski definition) is 4. The van der Waals surface area contributed by atoms with Gasteiger partial charge in [0.25, 0.3) is 5.91 Å². The van der Waals surface area contributed by atoms with Crippen LogP contribution in [0.15, 0.2) is 36.9 Å². The van der Waals surface area contributed by atoms with Gasteiger partial charge in [-0.05, 0) is 66.4 Å². The van der Waals surface area contributed by atoms with Gasteiger partial charge < -0.3 is 30.9 Å². The summed E-state index contributed by atoms with van der Waals surface area (Å²) in [5, 5.41) is 10.5. The van der Waals surface area contributed by atoms with Gasteiger partial charge in [-0.3, -0.25) is 19.2 Å². The highest BCUT2D eigenvalue weighted by Crippen LogP contribution is 2.34. The number of alkyl halides is 3. The Hall–Kier alpha value is -3.94. The first-order valence-electron chi connectivity index (χ1n) is 17.6. The number of amides is 5. The summed E-state index contributed by atoms with van der Waals surface area (Å²) in [5.74, 6) is -4.34. The number of ketones is 1. The van der Waals surface area contributed by atoms with E-state index in [0.29, 0.717) is 25.7 Å². The van der Waals surface area contributed by atoms with E-state index in [2.05, 4.69) is 27.8 Å². The molecule has 0 radical (unpaired) electrons. The number of carbonyl (C=O) groups is 5. The maximum atomic E-state index is 14.7. The van der Waals surface area contributed by atoms with E-state index in [1.54, 1.807) is 0 Å². The molecule has 1 fully saturated rings. The summed E-state index contributed by atoms with van der Waals surface area (Å²) in [4.78, 5) is 69.3. The van der Waals surface area contributed by atoms with Gasteiger partial charge in [-0.15, -0.1) is 6.58 Å². The molecule has 1 saturated heterocycles. The van der Waals surface area contributed by atoms with Crippen LogP contribution in [0.3, 0.4) is 0 Å². The standard InChI is InChI=1S/C37H54F3N5O6/c1-8-16-41-33(48)31(46)27(13-15-37(38,39)40)42-32(47)30-25(18-22(2)3)14-17-45(30)34(49)29(26-19-23-11-9-10-12-24(23)20-26)44-35(50)43-28(21-51-7)36(4,5)6/h8-12,22,25-30H,1,13-21H2,2-7H3,(H,41,48)(H,42,47)(H2,43,44,50)/t25-,27?,28-,29?,30?/m1/s1. The van der Waals surface area contributed by atoms with E-state index >= 15 is 0 Å². The lowest BCUT2D eigenvalue weighted by molar-refractivity contribution is -0.147. The van der Waals surface area contributed by atoms with Crippen molar-refractivity contribution in [2.45, 2.75) is 103 Å². The first-order valence-corrected chi connectivity index (χ1v) is 17.6. The average Bonchev–Trinajstić information content (AvgIpc) is 3.66. The molecule has 0 bridgehead atoms. The predicted octanol–water partition coefficient (Wildman–Crippen LogP) is 4.09. The second kappa shape index (κ2) is 18.0. The third-order valence-electron chi connectivity index (χ3n) is 9.62. The number of ether oxygens (including phenoxy) is 1. The smallest absolute Gasteiger partial charge is 0.383 e. The number of likely N-dealkylation sites (tertiary alicyclic amines) is 1. The zero-order chi connectivity index (χ0) is 38.1. The van der Waals surface area contributed by atoms with E-state index in [1.165, 1.54) is 18.1 Å². The fourth-order valence-corrected chi connectivity index (χ4v) is 6.96. The fraction of sp³-hybridized carbons (Fsp3) is 0.649. The molecule has 0 spiro atoms. The summed E-state index contributed by atoms with van der Waals surface area (Å²) in [7, 11) is 1.53. The normalized spacial score (nSPS) is 19.5. The zero-order valence-corrected chi connectivity index (χ0v) is 30.5. The van der Waals surface area contributed by atoms with Crippen molar-refractivity contribution in [1.82, 2.24) is 26.2 Å². The lowest BCUT2D eigenvalue weighted by Crippen LogP contribution is -2.61. The molecule has 1 heterocycles. The SMILES string of the molecule is C=CCNC(=O)C(=O)C(CCC(F)(F)F)NC(=O)C1[C@@H](CC(C)C)CCN1C(=O)C(NC(=O)N[C@H](COC)C(C)(C)C)C1Cc2ccccc2C1. The summed E-state index contributed by atoms with van der Waals surface area (Å²) >= 11 is 0. The summed E-state index contributed by atoms with van der Waals surface area (Å²) in [5.41, 5.74) is 1.72. The molecule has 14 heteroatoms. The van der Waals surface area contributed by atoms with E-state index in [-0.39, 0.29) is 42.9 Å². The van der Waals surface area contributed by atoms with Crippen LogP contribution in [0.4, 0.5) is 18.0 Å². The van der Waals surface area contributed by atoms with Crippen molar-refractivity contribution in [3.05, 3.63) is 48.0 Å². The van der Waals surface area contributed by atoms with Crippen molar-refractivity contribution in [1.29, 1.82) is 0 Å². The van der Waals surface area contributed by atoms with Crippen molar-refractivity contribution in [2.24, 2.45) is 23.2 Å². The summed E-state index contributed by atoms with van der Waals surface area (Å²) in [6.45, 7) is 13.5. The van der Waals surface area contributed by atoms with E-state index < -0.39 is 72.7 Å². The Labute approximate surface area is 298 Å². The van der Waals surface area contributed by atoms with Gasteiger partial charge in [0, 0.05) is 26.6 Å². The van der Waals surface area contributed by atoms with Crippen LogP contribution in [0.25, 0.3) is 0 Å². The largest absolute Gasteiger partial charge is 0.389 e. The van der Waals surface area contributed by atoms with Crippen LogP contribution in [0, 0.1) is 23.2 Å². The molecule has 0 aromatic heterocycles. The highest BCUT2D eigenvalue weighted by molar-refractivity contribution is 6.38. The Balaban J connectivity index is 1.96. The van der Waals surface area contributed by atoms with E-state index in [0.717, 1.165) is 11.1 Å². The van der Waals surface area contributed by atoms with Gasteiger partial charge in [0.1, 0.15) is 12.1 Å². The molecule has 51 heavy (non-hydrogen) atoms. The molecule has 3 rings (SSSR count). The third kappa shape index (κ3) is 11.8. The van der Waals surface area contributed by atoms with Gasteiger partial charge in [-0.1, -0.05) is 65.0 Å². The van der Waals surface area contributed by atoms with Crippen molar-refractivity contribution >= 4 is 29.5 Å². The second-order valence-corrected chi connectivity index (χ2v) is 15.1. The second-order valence-electron chi connectivity index (χ2n) is 15.1. The molecule has 1 aliphatic carbocycles. The van der Waals surface area contributed by atoms with E-state index in [9.17, 15) is 37.1 Å². The molecular formula is C37H54F3N5O6. The Morgan fingerprint density at radius 1 is 1.02 bits per heavy atom. The van der Waals surface area contributed by atoms with Crippen molar-refractivity contribution in [3.8, 4) is 0 Å². The lowest BCUT2D eigenvalue weighted by Gasteiger charge is -2.35. The van der Waals surface area contributed by atoms with Gasteiger partial charge in [0.05, 0.1) is 18.7 Å². The fourth-order valence-electron chi connectivity index (χ4n) is 6.96. The minimum Gasteiger partial charge on any atom is -0.383 e. The lowest BCUT2D eigenvalue weighted by atomic mass is 9.87. The van der Waals surface area contributed by atoms with Crippen LogP contribution >= 0.6 is 0 Å². The highest BCUT2D eigenvalue weighted by atomic mass is 19.4. The summed E-state index contributed by atoms with van der Waals surface area (Å²) in [6.07, 6.45) is -3.67. The van der Waals surface area contributed by atoms with E-state index in [4.69, 9.17) is 4.74 Å². The number of halogens is 3. The number of methoxy groups -OCH3 is 1. The van der Waals surface area contributed by atoms with Crippen LogP contribution in [-0.2, 0) is 36.8 Å². The van der Waals surface area contributed by atoms with Crippen molar-refractivity contribution < 1.29 is 41.9 Å². The molecule has 4 N–H and O–H groups in total. The molecule has 3 unspecified atom stereocenters. The zero-order valence-electron chi connectivity index (χ0n) is 30.5. The molecule has 11 nitrogen and oxygen atoms in total. The third-order valence-corrected chi connectivity index (χ3v) is 9.62. The summed E-state index contributed by atoms with van der Waals surface area (Å²) in [6, 6.07) is 2.80. The molecule has 2 aliphatic rings. The Bertz CT molecular complexity index is 1390. The number of rotatable bonds is 16. The Morgan fingerprint density at radius 3 is 2.18 bits per heavy atom. The molecule has 1 aromatic carbocycles. The van der Waals surface area contributed by atoms with Crippen LogP contribution in [0.2, 0.25) is 0 Å². The quantitative estimate of drug-likeness (QED) is 0.150. The van der Waals surface area contributed by atoms with Crippen LogP contribution in [-0.4, -0.2) is 91.6 Å². The molecule has 1 aromatic rings. The number of carbonyl (C=O) groups excluding carboxylic acids is 5. The van der Waals surface area contributed by atoms with Crippen molar-refractivity contribution in [2.75, 3.05) is 26.8 Å². The topological polar surface area (TPSA) is 146 Å². The number of hydrogen-bond acceptors (Lipinski definition) is 6. The maximum Gasteiger partial charge on any atom is 0.389 e. The number of fused-ring (bicyclic) bond motifs is 1.